The molecule has 0 spiro atoms. The lowest BCUT2D eigenvalue weighted by Crippen LogP contribution is -2.38. The van der Waals surface area contributed by atoms with Gasteiger partial charge in [0.25, 0.3) is 5.91 Å². The molecule has 7 nitrogen and oxygen atoms in total. The average Bonchev–Trinajstić information content (AvgIpc) is 2.58. The van der Waals surface area contributed by atoms with Gasteiger partial charge in [0.15, 0.2) is 6.61 Å². The first kappa shape index (κ1) is 22.1. The number of nitrogens with one attached hydrogen (secondary N) is 1. The Morgan fingerprint density at radius 1 is 1.15 bits per heavy atom. The van der Waals surface area contributed by atoms with Crippen molar-refractivity contribution >= 4 is 21.9 Å². The second kappa shape index (κ2) is 9.14. The van der Waals surface area contributed by atoms with Crippen molar-refractivity contribution in [3.8, 4) is 0 Å². The monoisotopic (exact) mass is 384 g/mol. The molecule has 26 heavy (non-hydrogen) atoms. The van der Waals surface area contributed by atoms with Crippen molar-refractivity contribution in [1.82, 2.24) is 9.62 Å². The molecule has 0 saturated carbocycles. The summed E-state index contributed by atoms with van der Waals surface area (Å²) in [6.45, 7) is 8.90. The number of hydrogen-bond donors (Lipinski definition) is 1. The Balaban J connectivity index is 2.82. The quantitative estimate of drug-likeness (QED) is 0.692. The fourth-order valence-corrected chi connectivity index (χ4v) is 3.32. The molecule has 0 aliphatic rings. The Kier molecular flexibility index (Phi) is 7.77. The molecule has 8 heteroatoms. The van der Waals surface area contributed by atoms with Gasteiger partial charge in [-0.3, -0.25) is 4.79 Å². The standard InChI is InChI=1S/C18H28N2O5S/c1-12(2)14(5)19-17(21)11-25-18(22)15-8-7-9-16(10-15)26(23,24)20(6)13(3)4/h7-10,12-14H,11H2,1-6H3,(H,19,21)/t14-/m1/s1. The first-order valence-corrected chi connectivity index (χ1v) is 9.95. The number of hydrogen-bond acceptors (Lipinski definition) is 5. The van der Waals surface area contributed by atoms with Crippen LogP contribution in [0.4, 0.5) is 0 Å². The SMILES string of the molecule is CC(C)[C@@H](C)NC(=O)COC(=O)c1cccc(S(=O)(=O)N(C)C(C)C)c1. The third-order valence-corrected chi connectivity index (χ3v) is 6.23. The zero-order valence-corrected chi connectivity index (χ0v) is 17.0. The maximum atomic E-state index is 12.5. The molecule has 1 aromatic carbocycles. The molecule has 1 N–H and O–H groups in total. The molecule has 0 saturated heterocycles. The highest BCUT2D eigenvalue weighted by atomic mass is 32.2. The van der Waals surface area contributed by atoms with Gasteiger partial charge in [0, 0.05) is 19.1 Å². The fraction of sp³-hybridized carbons (Fsp3) is 0.556. The van der Waals surface area contributed by atoms with Gasteiger partial charge in [-0.15, -0.1) is 0 Å². The van der Waals surface area contributed by atoms with Crippen LogP contribution in [0.3, 0.4) is 0 Å². The van der Waals surface area contributed by atoms with Gasteiger partial charge in [0.1, 0.15) is 0 Å². The highest BCUT2D eigenvalue weighted by Gasteiger charge is 2.24. The van der Waals surface area contributed by atoms with E-state index in [1.165, 1.54) is 35.6 Å². The Bertz CT molecular complexity index is 744. The van der Waals surface area contributed by atoms with Crippen LogP contribution in [0.15, 0.2) is 29.2 Å². The van der Waals surface area contributed by atoms with Gasteiger partial charge in [-0.1, -0.05) is 19.9 Å². The number of amides is 1. The van der Waals surface area contributed by atoms with Crippen LogP contribution in [0.1, 0.15) is 45.0 Å². The largest absolute Gasteiger partial charge is 0.452 e. The van der Waals surface area contributed by atoms with Crippen molar-refractivity contribution in [3.05, 3.63) is 29.8 Å². The molecule has 1 aromatic rings. The van der Waals surface area contributed by atoms with Crippen LogP contribution in [0, 0.1) is 5.92 Å². The molecule has 0 aliphatic carbocycles. The maximum absolute atomic E-state index is 12.5. The van der Waals surface area contributed by atoms with Crippen molar-refractivity contribution in [1.29, 1.82) is 0 Å². The number of rotatable bonds is 8. The van der Waals surface area contributed by atoms with E-state index in [1.54, 1.807) is 13.8 Å². The number of ether oxygens (including phenoxy) is 1. The molecule has 0 bridgehead atoms. The third kappa shape index (κ3) is 5.81. The molecule has 0 unspecified atom stereocenters. The molecule has 0 radical (unpaired) electrons. The van der Waals surface area contributed by atoms with Crippen LogP contribution < -0.4 is 5.32 Å². The molecule has 0 fully saturated rings. The molecule has 146 valence electrons. The van der Waals surface area contributed by atoms with Crippen molar-refractivity contribution < 1.29 is 22.7 Å². The lowest BCUT2D eigenvalue weighted by Gasteiger charge is -2.21. The Morgan fingerprint density at radius 2 is 1.77 bits per heavy atom. The average molecular weight is 384 g/mol. The number of sulfonamides is 1. The lowest BCUT2D eigenvalue weighted by molar-refractivity contribution is -0.125. The molecular formula is C18H28N2O5S. The zero-order valence-electron chi connectivity index (χ0n) is 16.1. The summed E-state index contributed by atoms with van der Waals surface area (Å²) in [5.41, 5.74) is 0.0768. The summed E-state index contributed by atoms with van der Waals surface area (Å²) in [4.78, 5) is 23.9. The second-order valence-corrected chi connectivity index (χ2v) is 8.82. The minimum absolute atomic E-state index is 0.000955. The van der Waals surface area contributed by atoms with E-state index in [2.05, 4.69) is 5.32 Å². The molecule has 0 aliphatic heterocycles. The number of carbonyl (C=O) groups is 2. The van der Waals surface area contributed by atoms with E-state index in [0.717, 1.165) is 0 Å². The van der Waals surface area contributed by atoms with Crippen LogP contribution in [-0.2, 0) is 19.6 Å². The van der Waals surface area contributed by atoms with Gasteiger partial charge in [0.2, 0.25) is 10.0 Å². The highest BCUT2D eigenvalue weighted by molar-refractivity contribution is 7.89. The number of nitrogens with zero attached hydrogens (tertiary/aromatic N) is 1. The van der Waals surface area contributed by atoms with Crippen molar-refractivity contribution in [2.75, 3.05) is 13.7 Å². The second-order valence-electron chi connectivity index (χ2n) is 6.82. The van der Waals surface area contributed by atoms with E-state index < -0.39 is 28.5 Å². The Labute approximate surface area is 155 Å². The summed E-state index contributed by atoms with van der Waals surface area (Å²) < 4.78 is 31.2. The third-order valence-electron chi connectivity index (χ3n) is 4.20. The van der Waals surface area contributed by atoms with E-state index in [-0.39, 0.29) is 28.5 Å². The van der Waals surface area contributed by atoms with Crippen LogP contribution in [0.5, 0.6) is 0 Å². The summed E-state index contributed by atoms with van der Waals surface area (Å²) in [5.74, 6) is -0.890. The normalized spacial score (nSPS) is 13.1. The van der Waals surface area contributed by atoms with Crippen molar-refractivity contribution in [2.45, 2.75) is 51.6 Å². The maximum Gasteiger partial charge on any atom is 0.338 e. The first-order valence-electron chi connectivity index (χ1n) is 8.51. The molecule has 1 atom stereocenters. The summed E-state index contributed by atoms with van der Waals surface area (Å²) in [5, 5.41) is 2.73. The Hall–Kier alpha value is -1.93. The number of esters is 1. The van der Waals surface area contributed by atoms with Crippen LogP contribution in [0.25, 0.3) is 0 Å². The predicted molar refractivity (Wildman–Crippen MR) is 99.3 cm³/mol. The molecule has 0 heterocycles. The van der Waals surface area contributed by atoms with Gasteiger partial charge >= 0.3 is 5.97 Å². The van der Waals surface area contributed by atoms with Crippen LogP contribution in [0.2, 0.25) is 0 Å². The highest BCUT2D eigenvalue weighted by Crippen LogP contribution is 2.18. The molecule has 1 amide bonds. The van der Waals surface area contributed by atoms with Crippen molar-refractivity contribution in [2.24, 2.45) is 5.92 Å². The fourth-order valence-electron chi connectivity index (χ4n) is 1.90. The first-order chi connectivity index (χ1) is 12.0. The summed E-state index contributed by atoms with van der Waals surface area (Å²) >= 11 is 0. The number of carbonyl (C=O) groups excluding carboxylic acids is 2. The zero-order chi connectivity index (χ0) is 20.1. The van der Waals surface area contributed by atoms with E-state index in [4.69, 9.17) is 4.74 Å². The van der Waals surface area contributed by atoms with Crippen LogP contribution in [-0.4, -0.2) is 50.3 Å². The Morgan fingerprint density at radius 3 is 2.31 bits per heavy atom. The van der Waals surface area contributed by atoms with E-state index in [9.17, 15) is 18.0 Å². The van der Waals surface area contributed by atoms with Crippen LogP contribution >= 0.6 is 0 Å². The van der Waals surface area contributed by atoms with Crippen molar-refractivity contribution in [3.63, 3.8) is 0 Å². The van der Waals surface area contributed by atoms with E-state index in [1.807, 2.05) is 20.8 Å². The lowest BCUT2D eigenvalue weighted by atomic mass is 10.1. The van der Waals surface area contributed by atoms with Gasteiger partial charge < -0.3 is 10.1 Å². The predicted octanol–water partition coefficient (Wildman–Crippen LogP) is 2.03. The smallest absolute Gasteiger partial charge is 0.338 e. The van der Waals surface area contributed by atoms with Gasteiger partial charge in [-0.25, -0.2) is 13.2 Å². The topological polar surface area (TPSA) is 92.8 Å². The minimum Gasteiger partial charge on any atom is -0.452 e. The summed E-state index contributed by atoms with van der Waals surface area (Å²) in [7, 11) is -2.23. The summed E-state index contributed by atoms with van der Waals surface area (Å²) in [6, 6.07) is 5.33. The molecular weight excluding hydrogens is 356 g/mol. The van der Waals surface area contributed by atoms with Gasteiger partial charge in [-0.05, 0) is 44.9 Å². The molecule has 0 aromatic heterocycles. The number of benzene rings is 1. The summed E-state index contributed by atoms with van der Waals surface area (Å²) in [6.07, 6.45) is 0. The molecule has 1 rings (SSSR count). The van der Waals surface area contributed by atoms with E-state index >= 15 is 0 Å². The van der Waals surface area contributed by atoms with Gasteiger partial charge in [-0.2, -0.15) is 4.31 Å². The van der Waals surface area contributed by atoms with E-state index in [0.29, 0.717) is 0 Å². The minimum atomic E-state index is -3.70. The van der Waals surface area contributed by atoms with Gasteiger partial charge in [0.05, 0.1) is 10.5 Å².